The summed E-state index contributed by atoms with van der Waals surface area (Å²) in [7, 11) is 0. The Bertz CT molecular complexity index is 558. The third kappa shape index (κ3) is 3.05. The molecular weight excluding hydrogens is 272 g/mol. The monoisotopic (exact) mass is 290 g/mol. The van der Waals surface area contributed by atoms with Crippen molar-refractivity contribution in [1.82, 2.24) is 10.2 Å². The van der Waals surface area contributed by atoms with Gasteiger partial charge in [0, 0.05) is 13.1 Å². The van der Waals surface area contributed by atoms with E-state index in [0.29, 0.717) is 6.54 Å². The zero-order valence-corrected chi connectivity index (χ0v) is 11.7. The molecule has 1 aliphatic heterocycles. The number of amides is 1. The first-order valence-electron chi connectivity index (χ1n) is 6.63. The number of carboxylic acids is 1. The minimum absolute atomic E-state index is 0.171. The lowest BCUT2D eigenvalue weighted by molar-refractivity contribution is -0.149. The molecule has 1 amide bonds. The zero-order chi connectivity index (χ0) is 15.5. The molecule has 0 fully saturated rings. The Morgan fingerprint density at radius 2 is 2.00 bits per heavy atom. The van der Waals surface area contributed by atoms with E-state index in [4.69, 9.17) is 0 Å². The van der Waals surface area contributed by atoms with E-state index in [1.165, 1.54) is 6.92 Å². The van der Waals surface area contributed by atoms with Gasteiger partial charge in [0.05, 0.1) is 0 Å². The maximum absolute atomic E-state index is 11.6. The van der Waals surface area contributed by atoms with Crippen LogP contribution in [0.1, 0.15) is 12.5 Å². The molecule has 0 saturated carbocycles. The predicted molar refractivity (Wildman–Crippen MR) is 76.7 cm³/mol. The summed E-state index contributed by atoms with van der Waals surface area (Å²) >= 11 is 0. The maximum atomic E-state index is 11.6. The molecule has 0 saturated heterocycles. The van der Waals surface area contributed by atoms with Crippen molar-refractivity contribution in [2.24, 2.45) is 5.41 Å². The van der Waals surface area contributed by atoms with Gasteiger partial charge < -0.3 is 10.2 Å². The van der Waals surface area contributed by atoms with Crippen molar-refractivity contribution in [2.45, 2.75) is 19.6 Å². The molecule has 2 atom stereocenters. The summed E-state index contributed by atoms with van der Waals surface area (Å²) in [6.07, 6.45) is 1.16. The van der Waals surface area contributed by atoms with Crippen LogP contribution in [-0.2, 0) is 11.3 Å². The van der Waals surface area contributed by atoms with Crippen LogP contribution in [-0.4, -0.2) is 39.9 Å². The fourth-order valence-electron chi connectivity index (χ4n) is 2.44. The highest BCUT2D eigenvalue weighted by Gasteiger charge is 2.46. The van der Waals surface area contributed by atoms with Gasteiger partial charge in [-0.05, 0) is 12.5 Å². The average Bonchev–Trinajstić information content (AvgIpc) is 2.46. The molecule has 6 heteroatoms. The first-order chi connectivity index (χ1) is 9.95. The molecule has 112 valence electrons. The smallest absolute Gasteiger partial charge is 0.408 e. The Hall–Kier alpha value is -2.34. The molecule has 1 aromatic rings. The number of aliphatic carboxylic acids is 1. The lowest BCUT2D eigenvalue weighted by atomic mass is 9.83. The van der Waals surface area contributed by atoms with Crippen molar-refractivity contribution in [3.05, 3.63) is 48.0 Å². The van der Waals surface area contributed by atoms with Crippen molar-refractivity contribution >= 4 is 12.1 Å². The van der Waals surface area contributed by atoms with Crippen LogP contribution in [0.5, 0.6) is 0 Å². The Kier molecular flexibility index (Phi) is 4.28. The first kappa shape index (κ1) is 15.1. The Labute approximate surface area is 122 Å². The van der Waals surface area contributed by atoms with Crippen molar-refractivity contribution in [3.63, 3.8) is 0 Å². The molecule has 2 unspecified atom stereocenters. The highest BCUT2D eigenvalue weighted by molar-refractivity contribution is 5.79. The topological polar surface area (TPSA) is 89.9 Å². The van der Waals surface area contributed by atoms with Gasteiger partial charge in [0.2, 0.25) is 0 Å². The molecule has 2 rings (SSSR count). The van der Waals surface area contributed by atoms with E-state index in [-0.39, 0.29) is 6.54 Å². The van der Waals surface area contributed by atoms with Crippen LogP contribution in [0.3, 0.4) is 0 Å². The van der Waals surface area contributed by atoms with Crippen LogP contribution in [0, 0.1) is 5.41 Å². The molecule has 0 aliphatic carbocycles. The van der Waals surface area contributed by atoms with Crippen molar-refractivity contribution in [2.75, 3.05) is 6.54 Å². The predicted octanol–water partition coefficient (Wildman–Crippen LogP) is 1.74. The summed E-state index contributed by atoms with van der Waals surface area (Å²) < 4.78 is 0. The Balaban J connectivity index is 2.22. The number of carboxylic acid groups (broad SMARTS) is 2. The molecule has 21 heavy (non-hydrogen) atoms. The molecule has 1 heterocycles. The van der Waals surface area contributed by atoms with Crippen molar-refractivity contribution in [3.8, 4) is 0 Å². The molecule has 0 spiro atoms. The van der Waals surface area contributed by atoms with Crippen LogP contribution in [0.15, 0.2) is 42.5 Å². The van der Waals surface area contributed by atoms with Crippen molar-refractivity contribution < 1.29 is 19.8 Å². The highest BCUT2D eigenvalue weighted by Crippen LogP contribution is 2.30. The fourth-order valence-corrected chi connectivity index (χ4v) is 2.44. The number of hydrogen-bond donors (Lipinski definition) is 3. The summed E-state index contributed by atoms with van der Waals surface area (Å²) in [4.78, 5) is 24.0. The van der Waals surface area contributed by atoms with E-state index in [2.05, 4.69) is 5.32 Å². The lowest BCUT2D eigenvalue weighted by Gasteiger charge is -2.41. The normalized spacial score (nSPS) is 24.8. The molecular formula is C15H18N2O4. The quantitative estimate of drug-likeness (QED) is 0.735. The summed E-state index contributed by atoms with van der Waals surface area (Å²) in [5.41, 5.74) is -0.337. The molecule has 0 aromatic heterocycles. The zero-order valence-electron chi connectivity index (χ0n) is 11.7. The average molecular weight is 290 g/mol. The van der Waals surface area contributed by atoms with Gasteiger partial charge in [-0.25, -0.2) is 4.79 Å². The molecule has 0 bridgehead atoms. The van der Waals surface area contributed by atoms with Gasteiger partial charge in [-0.15, -0.1) is 0 Å². The second-order valence-electron chi connectivity index (χ2n) is 5.19. The number of benzene rings is 1. The summed E-state index contributed by atoms with van der Waals surface area (Å²) in [5.74, 6) is -1.06. The Morgan fingerprint density at radius 1 is 1.33 bits per heavy atom. The van der Waals surface area contributed by atoms with E-state index in [1.54, 1.807) is 12.2 Å². The largest absolute Gasteiger partial charge is 0.481 e. The SMILES string of the molecule is CC1(C(=O)O)C=CCN(C(=O)O)C1NCc1ccccc1. The molecule has 1 aliphatic rings. The van der Waals surface area contributed by atoms with Crippen LogP contribution in [0.25, 0.3) is 0 Å². The standard InChI is InChI=1S/C15H18N2O4/c1-15(13(18)19)8-5-9-17(14(20)21)12(15)16-10-11-6-3-2-4-7-11/h2-8,12,16H,9-10H2,1H3,(H,18,19)(H,20,21). The number of rotatable bonds is 4. The van der Waals surface area contributed by atoms with Gasteiger partial charge in [-0.3, -0.25) is 15.0 Å². The first-order valence-corrected chi connectivity index (χ1v) is 6.63. The van der Waals surface area contributed by atoms with E-state index < -0.39 is 23.6 Å². The second-order valence-corrected chi connectivity index (χ2v) is 5.19. The van der Waals surface area contributed by atoms with Crippen LogP contribution < -0.4 is 5.32 Å². The van der Waals surface area contributed by atoms with E-state index in [0.717, 1.165) is 10.5 Å². The Morgan fingerprint density at radius 3 is 2.57 bits per heavy atom. The summed E-state index contributed by atoms with van der Waals surface area (Å²) in [6, 6.07) is 9.44. The highest BCUT2D eigenvalue weighted by atomic mass is 16.4. The van der Waals surface area contributed by atoms with Gasteiger partial charge in [0.15, 0.2) is 0 Å². The summed E-state index contributed by atoms with van der Waals surface area (Å²) in [5, 5.41) is 21.8. The number of hydrogen-bond acceptors (Lipinski definition) is 3. The lowest BCUT2D eigenvalue weighted by Crippen LogP contribution is -2.60. The number of nitrogens with one attached hydrogen (secondary N) is 1. The van der Waals surface area contributed by atoms with Gasteiger partial charge in [0.25, 0.3) is 0 Å². The van der Waals surface area contributed by atoms with E-state index >= 15 is 0 Å². The maximum Gasteiger partial charge on any atom is 0.408 e. The van der Waals surface area contributed by atoms with Gasteiger partial charge in [0.1, 0.15) is 11.6 Å². The molecule has 6 nitrogen and oxygen atoms in total. The van der Waals surface area contributed by atoms with Gasteiger partial charge >= 0.3 is 12.1 Å². The summed E-state index contributed by atoms with van der Waals surface area (Å²) in [6.45, 7) is 2.08. The number of nitrogens with zero attached hydrogens (tertiary/aromatic N) is 1. The molecule has 3 N–H and O–H groups in total. The van der Waals surface area contributed by atoms with Crippen LogP contribution in [0.2, 0.25) is 0 Å². The van der Waals surface area contributed by atoms with E-state index in [9.17, 15) is 19.8 Å². The van der Waals surface area contributed by atoms with Crippen LogP contribution >= 0.6 is 0 Å². The second kappa shape index (κ2) is 5.97. The van der Waals surface area contributed by atoms with Crippen LogP contribution in [0.4, 0.5) is 4.79 Å². The number of carbonyl (C=O) groups is 2. The van der Waals surface area contributed by atoms with E-state index in [1.807, 2.05) is 30.3 Å². The van der Waals surface area contributed by atoms with Gasteiger partial charge in [-0.2, -0.15) is 0 Å². The van der Waals surface area contributed by atoms with Gasteiger partial charge in [-0.1, -0.05) is 42.5 Å². The molecule has 0 radical (unpaired) electrons. The third-order valence-corrected chi connectivity index (χ3v) is 3.69. The minimum atomic E-state index is -1.30. The minimum Gasteiger partial charge on any atom is -0.481 e. The molecule has 1 aromatic carbocycles. The van der Waals surface area contributed by atoms with Crippen molar-refractivity contribution in [1.29, 1.82) is 0 Å². The fraction of sp³-hybridized carbons (Fsp3) is 0.333. The third-order valence-electron chi connectivity index (χ3n) is 3.69.